The van der Waals surface area contributed by atoms with Crippen molar-refractivity contribution < 1.29 is 18.5 Å². The second kappa shape index (κ2) is 7.08. The van der Waals surface area contributed by atoms with Gasteiger partial charge in [0, 0.05) is 17.5 Å². The fraction of sp³-hybridized carbons (Fsp3) is 0.550. The highest BCUT2D eigenvalue weighted by Gasteiger charge is 2.50. The number of ether oxygens (including phenoxy) is 1. The molecule has 1 aliphatic heterocycles. The summed E-state index contributed by atoms with van der Waals surface area (Å²) in [5, 5.41) is 0.928. The molecule has 5 nitrogen and oxygen atoms in total. The SMILES string of the molecule is Cc1cc(=O)oc2cc(OCCCCB3OC(C)(C)C(C)(C)O3)ccc12. The molecular formula is C20H27BO5. The van der Waals surface area contributed by atoms with E-state index in [-0.39, 0.29) is 23.9 Å². The van der Waals surface area contributed by atoms with Gasteiger partial charge in [-0.15, -0.1) is 0 Å². The van der Waals surface area contributed by atoms with Gasteiger partial charge in [-0.05, 0) is 65.1 Å². The Balaban J connectivity index is 1.47. The van der Waals surface area contributed by atoms with Gasteiger partial charge in [0.05, 0.1) is 17.8 Å². The highest BCUT2D eigenvalue weighted by molar-refractivity contribution is 6.45. The molecule has 0 unspecified atom stereocenters. The van der Waals surface area contributed by atoms with Crippen LogP contribution in [0.4, 0.5) is 0 Å². The first-order valence-corrected chi connectivity index (χ1v) is 9.21. The molecule has 2 aromatic rings. The molecule has 0 aliphatic carbocycles. The number of fused-ring (bicyclic) bond motifs is 1. The van der Waals surface area contributed by atoms with Crippen LogP contribution in [0.15, 0.2) is 33.5 Å². The van der Waals surface area contributed by atoms with Gasteiger partial charge in [0.1, 0.15) is 11.3 Å². The minimum absolute atomic E-state index is 0.155. The molecule has 0 amide bonds. The topological polar surface area (TPSA) is 57.9 Å². The van der Waals surface area contributed by atoms with Gasteiger partial charge in [-0.1, -0.05) is 6.42 Å². The maximum Gasteiger partial charge on any atom is 0.457 e. The summed E-state index contributed by atoms with van der Waals surface area (Å²) >= 11 is 0. The number of hydrogen-bond acceptors (Lipinski definition) is 5. The van der Waals surface area contributed by atoms with Gasteiger partial charge < -0.3 is 18.5 Å². The van der Waals surface area contributed by atoms with E-state index in [0.717, 1.165) is 30.1 Å². The standard InChI is InChI=1S/C20H27BO5/c1-14-12-18(22)24-17-13-15(8-9-16(14)17)23-11-7-6-10-21-25-19(2,3)20(4,5)26-21/h8-9,12-13H,6-7,10-11H2,1-5H3. The molecule has 0 radical (unpaired) electrons. The van der Waals surface area contributed by atoms with Gasteiger partial charge in [0.2, 0.25) is 0 Å². The molecular weight excluding hydrogens is 331 g/mol. The predicted octanol–water partition coefficient (Wildman–Crippen LogP) is 4.35. The van der Waals surface area contributed by atoms with Crippen LogP contribution in [0, 0.1) is 6.92 Å². The lowest BCUT2D eigenvalue weighted by Crippen LogP contribution is -2.41. The number of benzene rings is 1. The summed E-state index contributed by atoms with van der Waals surface area (Å²) in [6.07, 6.45) is 2.71. The van der Waals surface area contributed by atoms with Gasteiger partial charge in [-0.2, -0.15) is 0 Å². The van der Waals surface area contributed by atoms with Crippen LogP contribution in [-0.4, -0.2) is 24.9 Å². The van der Waals surface area contributed by atoms with E-state index in [2.05, 4.69) is 27.7 Å². The zero-order chi connectivity index (χ0) is 18.9. The molecule has 1 fully saturated rings. The molecule has 0 saturated carbocycles. The van der Waals surface area contributed by atoms with Crippen molar-refractivity contribution in [2.24, 2.45) is 0 Å². The minimum atomic E-state index is -0.338. The molecule has 1 saturated heterocycles. The monoisotopic (exact) mass is 358 g/mol. The van der Waals surface area contributed by atoms with E-state index in [4.69, 9.17) is 18.5 Å². The average Bonchev–Trinajstić information content (AvgIpc) is 2.73. The van der Waals surface area contributed by atoms with E-state index in [1.165, 1.54) is 6.07 Å². The Morgan fingerprint density at radius 3 is 2.42 bits per heavy atom. The quantitative estimate of drug-likeness (QED) is 0.436. The van der Waals surface area contributed by atoms with Crippen LogP contribution in [0.2, 0.25) is 6.32 Å². The molecule has 1 aromatic carbocycles. The largest absolute Gasteiger partial charge is 0.493 e. The van der Waals surface area contributed by atoms with Gasteiger partial charge in [-0.25, -0.2) is 4.79 Å². The zero-order valence-electron chi connectivity index (χ0n) is 16.3. The summed E-state index contributed by atoms with van der Waals surface area (Å²) < 4.78 is 23.0. The van der Waals surface area contributed by atoms with E-state index in [1.54, 1.807) is 6.07 Å². The molecule has 1 aromatic heterocycles. The molecule has 0 N–H and O–H groups in total. The van der Waals surface area contributed by atoms with E-state index in [1.807, 2.05) is 19.1 Å². The third-order valence-electron chi connectivity index (χ3n) is 5.33. The molecule has 26 heavy (non-hydrogen) atoms. The highest BCUT2D eigenvalue weighted by atomic mass is 16.7. The average molecular weight is 358 g/mol. The maximum atomic E-state index is 11.5. The van der Waals surface area contributed by atoms with Crippen LogP contribution >= 0.6 is 0 Å². The van der Waals surface area contributed by atoms with Crippen LogP contribution in [0.5, 0.6) is 5.75 Å². The molecule has 3 rings (SSSR count). The van der Waals surface area contributed by atoms with Crippen molar-refractivity contribution >= 4 is 18.1 Å². The Morgan fingerprint density at radius 1 is 1.04 bits per heavy atom. The number of hydrogen-bond donors (Lipinski definition) is 0. The molecule has 0 spiro atoms. The van der Waals surface area contributed by atoms with Crippen molar-refractivity contribution in [3.8, 4) is 5.75 Å². The maximum absolute atomic E-state index is 11.5. The normalized spacial score (nSPS) is 18.4. The highest BCUT2D eigenvalue weighted by Crippen LogP contribution is 2.38. The predicted molar refractivity (Wildman–Crippen MR) is 103 cm³/mol. The molecule has 2 heterocycles. The second-order valence-electron chi connectivity index (χ2n) is 7.94. The van der Waals surface area contributed by atoms with Gasteiger partial charge in [0.15, 0.2) is 0 Å². The number of unbranched alkanes of at least 4 members (excludes halogenated alkanes) is 1. The van der Waals surface area contributed by atoms with Gasteiger partial charge in [-0.3, -0.25) is 0 Å². The van der Waals surface area contributed by atoms with Crippen LogP contribution in [0.1, 0.15) is 46.1 Å². The first-order chi connectivity index (χ1) is 12.2. The Morgan fingerprint density at radius 2 is 1.73 bits per heavy atom. The summed E-state index contributed by atoms with van der Waals surface area (Å²) in [5.41, 5.74) is 0.576. The Bertz CT molecular complexity index is 824. The lowest BCUT2D eigenvalue weighted by molar-refractivity contribution is 0.00578. The van der Waals surface area contributed by atoms with Crippen molar-refractivity contribution in [1.29, 1.82) is 0 Å². The second-order valence-corrected chi connectivity index (χ2v) is 7.94. The fourth-order valence-corrected chi connectivity index (χ4v) is 3.08. The summed E-state index contributed by atoms with van der Waals surface area (Å²) in [6, 6.07) is 7.10. The first kappa shape index (κ1) is 19.0. The molecule has 6 heteroatoms. The summed E-state index contributed by atoms with van der Waals surface area (Å²) in [6.45, 7) is 10.8. The minimum Gasteiger partial charge on any atom is -0.493 e. The first-order valence-electron chi connectivity index (χ1n) is 9.21. The van der Waals surface area contributed by atoms with Crippen molar-refractivity contribution in [3.05, 3.63) is 40.2 Å². The number of aryl methyl sites for hydroxylation is 1. The molecule has 0 bridgehead atoms. The van der Waals surface area contributed by atoms with Gasteiger partial charge >= 0.3 is 12.7 Å². The Labute approximate surface area is 154 Å². The third kappa shape index (κ3) is 3.97. The molecule has 140 valence electrons. The van der Waals surface area contributed by atoms with Crippen molar-refractivity contribution in [3.63, 3.8) is 0 Å². The van der Waals surface area contributed by atoms with E-state index >= 15 is 0 Å². The van der Waals surface area contributed by atoms with Crippen LogP contribution in [-0.2, 0) is 9.31 Å². The molecule has 0 atom stereocenters. The van der Waals surface area contributed by atoms with Gasteiger partial charge in [0.25, 0.3) is 0 Å². The van der Waals surface area contributed by atoms with Crippen LogP contribution in [0.25, 0.3) is 11.0 Å². The van der Waals surface area contributed by atoms with E-state index < -0.39 is 0 Å². The van der Waals surface area contributed by atoms with Crippen molar-refractivity contribution in [2.45, 2.75) is 65.0 Å². The number of rotatable bonds is 6. The summed E-state index contributed by atoms with van der Waals surface area (Å²) in [5.74, 6) is 0.710. The summed E-state index contributed by atoms with van der Waals surface area (Å²) in [7, 11) is -0.155. The fourth-order valence-electron chi connectivity index (χ4n) is 3.08. The van der Waals surface area contributed by atoms with E-state index in [0.29, 0.717) is 17.9 Å². The smallest absolute Gasteiger partial charge is 0.457 e. The summed E-state index contributed by atoms with van der Waals surface area (Å²) in [4.78, 5) is 11.5. The van der Waals surface area contributed by atoms with Crippen molar-refractivity contribution in [2.75, 3.05) is 6.61 Å². The third-order valence-corrected chi connectivity index (χ3v) is 5.33. The molecule has 1 aliphatic rings. The van der Waals surface area contributed by atoms with Crippen LogP contribution in [0.3, 0.4) is 0 Å². The van der Waals surface area contributed by atoms with Crippen LogP contribution < -0.4 is 10.4 Å². The lowest BCUT2D eigenvalue weighted by atomic mass is 9.82. The Kier molecular flexibility index (Phi) is 5.17. The van der Waals surface area contributed by atoms with E-state index in [9.17, 15) is 4.79 Å². The zero-order valence-corrected chi connectivity index (χ0v) is 16.3. The van der Waals surface area contributed by atoms with Crippen molar-refractivity contribution in [1.82, 2.24) is 0 Å². The lowest BCUT2D eigenvalue weighted by Gasteiger charge is -2.32. The Hall–Kier alpha value is -1.79.